The maximum Gasteiger partial charge on any atom is 0.256 e. The number of aromatic amines is 1. The molecule has 0 radical (unpaired) electrons. The van der Waals surface area contributed by atoms with E-state index in [0.717, 1.165) is 47.7 Å². The third kappa shape index (κ3) is 3.91. The van der Waals surface area contributed by atoms with Crippen LogP contribution in [0.15, 0.2) is 77.6 Å². The highest BCUT2D eigenvalue weighted by molar-refractivity contribution is 6.05. The van der Waals surface area contributed by atoms with Gasteiger partial charge in [0.15, 0.2) is 0 Å². The standard InChI is InChI=1S/C26H24N2O.ClH/c1-18-6-9-20(10-7-18)21-12-14-28(15-13-21)17-19-8-11-23-22-4-2-3-5-24(22)26(29)27-25(23)16-19;/h2-12,16H,13-15,17H2,1H3,(H,27,29);1H. The predicted octanol–water partition coefficient (Wildman–Crippen LogP) is 5.70. The number of hydrogen-bond donors (Lipinski definition) is 1. The first kappa shape index (κ1) is 20.4. The summed E-state index contributed by atoms with van der Waals surface area (Å²) in [5.74, 6) is 0. The van der Waals surface area contributed by atoms with Crippen molar-refractivity contribution >= 4 is 39.7 Å². The van der Waals surface area contributed by atoms with E-state index in [4.69, 9.17) is 0 Å². The van der Waals surface area contributed by atoms with Crippen molar-refractivity contribution in [2.24, 2.45) is 0 Å². The Labute approximate surface area is 182 Å². The highest BCUT2D eigenvalue weighted by atomic mass is 35.5. The summed E-state index contributed by atoms with van der Waals surface area (Å²) < 4.78 is 0. The number of benzene rings is 3. The number of nitrogens with one attached hydrogen (secondary N) is 1. The normalized spacial score (nSPS) is 14.5. The van der Waals surface area contributed by atoms with Gasteiger partial charge in [-0.1, -0.05) is 66.2 Å². The largest absolute Gasteiger partial charge is 0.321 e. The van der Waals surface area contributed by atoms with E-state index in [0.29, 0.717) is 0 Å². The molecule has 0 atom stereocenters. The molecule has 152 valence electrons. The summed E-state index contributed by atoms with van der Waals surface area (Å²) in [5, 5.41) is 2.86. The Hall–Kier alpha value is -2.88. The van der Waals surface area contributed by atoms with Gasteiger partial charge in [0.1, 0.15) is 0 Å². The number of halogens is 1. The number of rotatable bonds is 3. The first-order chi connectivity index (χ1) is 14.2. The van der Waals surface area contributed by atoms with Crippen molar-refractivity contribution in [1.82, 2.24) is 9.88 Å². The van der Waals surface area contributed by atoms with Gasteiger partial charge in [0.2, 0.25) is 0 Å². The highest BCUT2D eigenvalue weighted by Gasteiger charge is 2.14. The second-order valence-corrected chi connectivity index (χ2v) is 7.96. The van der Waals surface area contributed by atoms with E-state index in [9.17, 15) is 4.79 Å². The monoisotopic (exact) mass is 416 g/mol. The molecule has 1 aromatic heterocycles. The van der Waals surface area contributed by atoms with Gasteiger partial charge in [-0.3, -0.25) is 9.69 Å². The fourth-order valence-corrected chi connectivity index (χ4v) is 4.28. The number of hydrogen-bond acceptors (Lipinski definition) is 2. The molecule has 1 N–H and O–H groups in total. The van der Waals surface area contributed by atoms with Gasteiger partial charge >= 0.3 is 0 Å². The van der Waals surface area contributed by atoms with Crippen LogP contribution in [-0.2, 0) is 6.54 Å². The minimum Gasteiger partial charge on any atom is -0.321 e. The van der Waals surface area contributed by atoms with Crippen LogP contribution in [0, 0.1) is 6.92 Å². The van der Waals surface area contributed by atoms with Crippen molar-refractivity contribution in [3.63, 3.8) is 0 Å². The van der Waals surface area contributed by atoms with Gasteiger partial charge < -0.3 is 4.98 Å². The molecule has 1 aliphatic heterocycles. The molecule has 0 fully saturated rings. The lowest BCUT2D eigenvalue weighted by Crippen LogP contribution is -2.28. The summed E-state index contributed by atoms with van der Waals surface area (Å²) in [6, 6.07) is 23.1. The molecule has 0 saturated heterocycles. The fourth-order valence-electron chi connectivity index (χ4n) is 4.28. The molecule has 5 rings (SSSR count). The summed E-state index contributed by atoms with van der Waals surface area (Å²) in [6.45, 7) is 5.02. The Morgan fingerprint density at radius 2 is 1.70 bits per heavy atom. The van der Waals surface area contributed by atoms with Crippen molar-refractivity contribution in [2.75, 3.05) is 13.1 Å². The number of aromatic nitrogens is 1. The van der Waals surface area contributed by atoms with E-state index < -0.39 is 0 Å². The number of aryl methyl sites for hydroxylation is 1. The van der Waals surface area contributed by atoms with Crippen molar-refractivity contribution in [3.8, 4) is 0 Å². The van der Waals surface area contributed by atoms with Gasteiger partial charge in [-0.05, 0) is 47.6 Å². The first-order valence-corrected chi connectivity index (χ1v) is 10.2. The van der Waals surface area contributed by atoms with E-state index >= 15 is 0 Å². The Morgan fingerprint density at radius 3 is 2.43 bits per heavy atom. The van der Waals surface area contributed by atoms with E-state index in [2.05, 4.69) is 65.3 Å². The summed E-state index contributed by atoms with van der Waals surface area (Å²) in [6.07, 6.45) is 3.42. The average Bonchev–Trinajstić information content (AvgIpc) is 2.75. The number of fused-ring (bicyclic) bond motifs is 3. The van der Waals surface area contributed by atoms with Crippen LogP contribution in [0.3, 0.4) is 0 Å². The molecule has 2 heterocycles. The Kier molecular flexibility index (Phi) is 5.76. The third-order valence-electron chi connectivity index (χ3n) is 5.92. The van der Waals surface area contributed by atoms with Crippen molar-refractivity contribution < 1.29 is 0 Å². The van der Waals surface area contributed by atoms with E-state index in [1.54, 1.807) is 0 Å². The molecule has 4 aromatic rings. The van der Waals surface area contributed by atoms with Gasteiger partial charge in [0, 0.05) is 35.9 Å². The zero-order valence-corrected chi connectivity index (χ0v) is 17.8. The zero-order valence-electron chi connectivity index (χ0n) is 17.0. The van der Waals surface area contributed by atoms with Crippen molar-refractivity contribution in [1.29, 1.82) is 0 Å². The second-order valence-electron chi connectivity index (χ2n) is 7.96. The molecule has 0 amide bonds. The highest BCUT2D eigenvalue weighted by Crippen LogP contribution is 2.25. The molecular weight excluding hydrogens is 392 g/mol. The topological polar surface area (TPSA) is 36.1 Å². The van der Waals surface area contributed by atoms with Crippen LogP contribution >= 0.6 is 12.4 Å². The van der Waals surface area contributed by atoms with Crippen molar-refractivity contribution in [3.05, 3.63) is 99.9 Å². The van der Waals surface area contributed by atoms with E-state index in [-0.39, 0.29) is 18.0 Å². The smallest absolute Gasteiger partial charge is 0.256 e. The van der Waals surface area contributed by atoms with Crippen LogP contribution in [0.1, 0.15) is 23.1 Å². The Morgan fingerprint density at radius 1 is 0.933 bits per heavy atom. The molecule has 0 aliphatic carbocycles. The lowest BCUT2D eigenvalue weighted by atomic mass is 9.98. The molecule has 0 saturated carbocycles. The van der Waals surface area contributed by atoms with Gasteiger partial charge in [-0.25, -0.2) is 0 Å². The molecule has 3 nitrogen and oxygen atoms in total. The lowest BCUT2D eigenvalue weighted by Gasteiger charge is -2.26. The maximum absolute atomic E-state index is 12.4. The molecule has 3 aromatic carbocycles. The molecule has 0 spiro atoms. The minimum absolute atomic E-state index is 0. The first-order valence-electron chi connectivity index (χ1n) is 10.2. The summed E-state index contributed by atoms with van der Waals surface area (Å²) >= 11 is 0. The number of pyridine rings is 1. The quantitative estimate of drug-likeness (QED) is 0.435. The number of nitrogens with zero attached hydrogens (tertiary/aromatic N) is 1. The van der Waals surface area contributed by atoms with Crippen LogP contribution in [0.25, 0.3) is 27.2 Å². The predicted molar refractivity (Wildman–Crippen MR) is 128 cm³/mol. The lowest BCUT2D eigenvalue weighted by molar-refractivity contribution is 0.294. The summed E-state index contributed by atoms with van der Waals surface area (Å²) in [5.41, 5.74) is 6.21. The fraction of sp³-hybridized carbons (Fsp3) is 0.192. The maximum atomic E-state index is 12.4. The van der Waals surface area contributed by atoms with Crippen LogP contribution in [0.4, 0.5) is 0 Å². The molecular formula is C26H25ClN2O. The van der Waals surface area contributed by atoms with Gasteiger partial charge in [-0.2, -0.15) is 0 Å². The Balaban J connectivity index is 0.00000218. The minimum atomic E-state index is -0.0195. The van der Waals surface area contributed by atoms with Gasteiger partial charge in [0.05, 0.1) is 0 Å². The SMILES string of the molecule is Cc1ccc(C2=CCN(Cc3ccc4c(c3)[nH]c(=O)c3ccccc34)CC2)cc1.Cl. The molecule has 0 unspecified atom stereocenters. The second kappa shape index (κ2) is 8.47. The average molecular weight is 417 g/mol. The van der Waals surface area contributed by atoms with Gasteiger partial charge in [0.25, 0.3) is 5.56 Å². The van der Waals surface area contributed by atoms with Crippen LogP contribution < -0.4 is 5.56 Å². The Bertz CT molecular complexity index is 1290. The third-order valence-corrected chi connectivity index (χ3v) is 5.92. The summed E-state index contributed by atoms with van der Waals surface area (Å²) in [7, 11) is 0. The number of H-pyrrole nitrogens is 1. The molecule has 4 heteroatoms. The van der Waals surface area contributed by atoms with E-state index in [1.807, 2.05) is 24.3 Å². The van der Waals surface area contributed by atoms with E-state index in [1.165, 1.54) is 22.3 Å². The van der Waals surface area contributed by atoms with Crippen LogP contribution in [0.5, 0.6) is 0 Å². The molecule has 30 heavy (non-hydrogen) atoms. The summed E-state index contributed by atoms with van der Waals surface area (Å²) in [4.78, 5) is 17.9. The van der Waals surface area contributed by atoms with Crippen LogP contribution in [0.2, 0.25) is 0 Å². The van der Waals surface area contributed by atoms with Gasteiger partial charge in [-0.15, -0.1) is 12.4 Å². The molecule has 1 aliphatic rings. The van der Waals surface area contributed by atoms with Crippen LogP contribution in [-0.4, -0.2) is 23.0 Å². The van der Waals surface area contributed by atoms with Crippen molar-refractivity contribution in [2.45, 2.75) is 19.9 Å². The molecule has 0 bridgehead atoms. The zero-order chi connectivity index (χ0) is 19.8.